The normalized spacial score (nSPS) is 15.5. The van der Waals surface area contributed by atoms with Crippen molar-refractivity contribution in [2.45, 2.75) is 45.1 Å². The molecule has 0 bridgehead atoms. The van der Waals surface area contributed by atoms with Gasteiger partial charge in [-0.25, -0.2) is 13.2 Å². The van der Waals surface area contributed by atoms with Crippen LogP contribution in [0.15, 0.2) is 34.5 Å². The maximum Gasteiger partial charge on any atom is 0.338 e. The van der Waals surface area contributed by atoms with E-state index in [1.54, 1.807) is 38.3 Å². The fraction of sp³-hybridized carbons (Fsp3) is 0.478. The molecule has 1 aromatic carbocycles. The lowest BCUT2D eigenvalue weighted by molar-refractivity contribution is -0.133. The van der Waals surface area contributed by atoms with E-state index in [1.165, 1.54) is 15.3 Å². The molecule has 0 radical (unpaired) electrons. The van der Waals surface area contributed by atoms with Crippen LogP contribution in [0.4, 0.5) is 0 Å². The number of carbonyl (C=O) groups is 2. The number of esters is 1. The summed E-state index contributed by atoms with van der Waals surface area (Å²) in [5.74, 6) is -0.540. The third-order valence-electron chi connectivity index (χ3n) is 5.94. The first-order chi connectivity index (χ1) is 15.1. The highest BCUT2D eigenvalue weighted by atomic mass is 32.2. The Labute approximate surface area is 194 Å². The average Bonchev–Trinajstić information content (AvgIpc) is 3.26. The van der Waals surface area contributed by atoms with Gasteiger partial charge in [0.05, 0.1) is 17.0 Å². The fourth-order valence-electron chi connectivity index (χ4n) is 3.62. The van der Waals surface area contributed by atoms with Crippen LogP contribution in [-0.4, -0.2) is 56.2 Å². The highest BCUT2D eigenvalue weighted by Crippen LogP contribution is 2.28. The van der Waals surface area contributed by atoms with Gasteiger partial charge in [-0.2, -0.15) is 4.31 Å². The van der Waals surface area contributed by atoms with E-state index in [0.29, 0.717) is 36.7 Å². The van der Waals surface area contributed by atoms with Crippen LogP contribution in [0.3, 0.4) is 0 Å². The Bertz CT molecular complexity index is 1070. The molecule has 0 atom stereocenters. The van der Waals surface area contributed by atoms with Crippen molar-refractivity contribution in [3.05, 3.63) is 51.2 Å². The van der Waals surface area contributed by atoms with Crippen LogP contribution in [-0.2, 0) is 26.1 Å². The average molecular weight is 479 g/mol. The Hall–Kier alpha value is -2.23. The third kappa shape index (κ3) is 5.57. The van der Waals surface area contributed by atoms with Crippen molar-refractivity contribution in [2.24, 2.45) is 5.92 Å². The number of benzene rings is 1. The van der Waals surface area contributed by atoms with Crippen molar-refractivity contribution in [3.8, 4) is 0 Å². The second-order valence-electron chi connectivity index (χ2n) is 8.41. The van der Waals surface area contributed by atoms with E-state index in [1.807, 2.05) is 17.5 Å². The summed E-state index contributed by atoms with van der Waals surface area (Å²) >= 11 is 1.55. The summed E-state index contributed by atoms with van der Waals surface area (Å²) in [5.41, 5.74) is 1.43. The topological polar surface area (TPSA) is 84.0 Å². The number of thiophene rings is 1. The zero-order chi connectivity index (χ0) is 23.5. The number of rotatable bonds is 7. The van der Waals surface area contributed by atoms with Crippen molar-refractivity contribution in [1.29, 1.82) is 0 Å². The van der Waals surface area contributed by atoms with Gasteiger partial charge in [0, 0.05) is 25.0 Å². The van der Waals surface area contributed by atoms with E-state index in [2.05, 4.69) is 6.92 Å². The molecule has 174 valence electrons. The molecule has 1 aliphatic heterocycles. The molecule has 1 saturated heterocycles. The molecule has 9 heteroatoms. The minimum atomic E-state index is -3.72. The van der Waals surface area contributed by atoms with Crippen molar-refractivity contribution < 1.29 is 22.7 Å². The molecule has 2 heterocycles. The molecule has 1 fully saturated rings. The molecule has 1 amide bonds. The minimum Gasteiger partial charge on any atom is -0.452 e. The minimum absolute atomic E-state index is 0.125. The third-order valence-corrected chi connectivity index (χ3v) is 8.83. The summed E-state index contributed by atoms with van der Waals surface area (Å²) in [6.45, 7) is 6.61. The van der Waals surface area contributed by atoms with Crippen LogP contribution in [0.2, 0.25) is 0 Å². The van der Waals surface area contributed by atoms with E-state index in [4.69, 9.17) is 4.74 Å². The van der Waals surface area contributed by atoms with E-state index in [9.17, 15) is 18.0 Å². The number of hydrogen-bond donors (Lipinski definition) is 0. The Balaban J connectivity index is 1.72. The quantitative estimate of drug-likeness (QED) is 0.568. The first kappa shape index (κ1) is 24.4. The standard InChI is InChI=1S/C23H30N2O5S2/c1-16-7-9-25(10-8-16)32(28,29)21-13-19(12-17(2)18(21)3)23(27)30-15-22(26)24(4)14-20-6-5-11-31-20/h5-6,11-13,16H,7-10,14-15H2,1-4H3. The summed E-state index contributed by atoms with van der Waals surface area (Å²) in [6.07, 6.45) is 1.64. The van der Waals surface area contributed by atoms with E-state index in [0.717, 1.165) is 17.7 Å². The zero-order valence-corrected chi connectivity index (χ0v) is 20.6. The number of carbonyl (C=O) groups excluding carboxylic acids is 2. The Morgan fingerprint density at radius 3 is 2.53 bits per heavy atom. The maximum atomic E-state index is 13.3. The molecule has 0 saturated carbocycles. The second-order valence-corrected chi connectivity index (χ2v) is 11.3. The van der Waals surface area contributed by atoms with Crippen LogP contribution in [0.25, 0.3) is 0 Å². The number of piperidine rings is 1. The van der Waals surface area contributed by atoms with Crippen LogP contribution in [0.1, 0.15) is 46.1 Å². The molecule has 7 nitrogen and oxygen atoms in total. The van der Waals surface area contributed by atoms with Gasteiger partial charge in [0.15, 0.2) is 6.61 Å². The summed E-state index contributed by atoms with van der Waals surface area (Å²) in [6, 6.07) is 6.82. The lowest BCUT2D eigenvalue weighted by Crippen LogP contribution is -2.38. The zero-order valence-electron chi connectivity index (χ0n) is 19.0. The van der Waals surface area contributed by atoms with Crippen molar-refractivity contribution in [1.82, 2.24) is 9.21 Å². The fourth-order valence-corrected chi connectivity index (χ4v) is 6.17. The van der Waals surface area contributed by atoms with Crippen molar-refractivity contribution in [3.63, 3.8) is 0 Å². The molecule has 2 aromatic rings. The Morgan fingerprint density at radius 2 is 1.91 bits per heavy atom. The van der Waals surface area contributed by atoms with Crippen LogP contribution in [0, 0.1) is 19.8 Å². The SMILES string of the molecule is Cc1cc(C(=O)OCC(=O)N(C)Cc2cccs2)cc(S(=O)(=O)N2CCC(C)CC2)c1C. The largest absolute Gasteiger partial charge is 0.452 e. The smallest absolute Gasteiger partial charge is 0.338 e. The maximum absolute atomic E-state index is 13.3. The van der Waals surface area contributed by atoms with E-state index >= 15 is 0 Å². The Morgan fingerprint density at radius 1 is 1.22 bits per heavy atom. The van der Waals surface area contributed by atoms with Gasteiger partial charge in [0.1, 0.15) is 0 Å². The second kappa shape index (κ2) is 10.1. The van der Waals surface area contributed by atoms with Crippen molar-refractivity contribution >= 4 is 33.2 Å². The van der Waals surface area contributed by atoms with E-state index < -0.39 is 22.6 Å². The lowest BCUT2D eigenvalue weighted by atomic mass is 10.0. The molecule has 1 aliphatic rings. The van der Waals surface area contributed by atoms with Gasteiger partial charge >= 0.3 is 5.97 Å². The predicted molar refractivity (Wildman–Crippen MR) is 124 cm³/mol. The van der Waals surface area contributed by atoms with Crippen LogP contribution in [0.5, 0.6) is 0 Å². The molecular formula is C23H30N2O5S2. The summed E-state index contributed by atoms with van der Waals surface area (Å²) < 4.78 is 33.2. The number of hydrogen-bond acceptors (Lipinski definition) is 6. The summed E-state index contributed by atoms with van der Waals surface area (Å²) in [5, 5.41) is 1.93. The first-order valence-electron chi connectivity index (χ1n) is 10.6. The molecule has 1 aromatic heterocycles. The molecular weight excluding hydrogens is 448 g/mol. The molecule has 32 heavy (non-hydrogen) atoms. The summed E-state index contributed by atoms with van der Waals surface area (Å²) in [4.78, 5) is 27.6. The molecule has 0 aliphatic carbocycles. The van der Waals surface area contributed by atoms with Crippen molar-refractivity contribution in [2.75, 3.05) is 26.7 Å². The van der Waals surface area contributed by atoms with E-state index in [-0.39, 0.29) is 16.4 Å². The van der Waals surface area contributed by atoms with Gasteiger partial charge in [-0.15, -0.1) is 11.3 Å². The van der Waals surface area contributed by atoms with Gasteiger partial charge < -0.3 is 9.64 Å². The van der Waals surface area contributed by atoms with Gasteiger partial charge in [-0.3, -0.25) is 4.79 Å². The number of aryl methyl sites for hydroxylation is 1. The highest BCUT2D eigenvalue weighted by Gasteiger charge is 2.30. The predicted octanol–water partition coefficient (Wildman–Crippen LogP) is 3.60. The van der Waals surface area contributed by atoms with Crippen LogP contribution < -0.4 is 0 Å². The number of amides is 1. The van der Waals surface area contributed by atoms with Crippen LogP contribution >= 0.6 is 11.3 Å². The number of nitrogens with zero attached hydrogens (tertiary/aromatic N) is 2. The monoisotopic (exact) mass is 478 g/mol. The molecule has 0 spiro atoms. The number of sulfonamides is 1. The highest BCUT2D eigenvalue weighted by molar-refractivity contribution is 7.89. The molecule has 0 unspecified atom stereocenters. The van der Waals surface area contributed by atoms with Gasteiger partial charge in [0.2, 0.25) is 10.0 Å². The molecule has 3 rings (SSSR count). The number of likely N-dealkylation sites (N-methyl/N-ethyl adjacent to an activating group) is 1. The van der Waals surface area contributed by atoms with Gasteiger partial charge in [-0.1, -0.05) is 13.0 Å². The molecule has 0 N–H and O–H groups in total. The Kier molecular flexibility index (Phi) is 7.74. The number of ether oxygens (including phenoxy) is 1. The lowest BCUT2D eigenvalue weighted by Gasteiger charge is -2.30. The summed E-state index contributed by atoms with van der Waals surface area (Å²) in [7, 11) is -2.07. The van der Waals surface area contributed by atoms with Gasteiger partial charge in [-0.05, 0) is 67.3 Å². The first-order valence-corrected chi connectivity index (χ1v) is 13.0. The van der Waals surface area contributed by atoms with Gasteiger partial charge in [0.25, 0.3) is 5.91 Å².